The minimum atomic E-state index is -0.580. The van der Waals surface area contributed by atoms with Gasteiger partial charge in [-0.25, -0.2) is 0 Å². The summed E-state index contributed by atoms with van der Waals surface area (Å²) in [6.07, 6.45) is 5.13. The first kappa shape index (κ1) is 17.6. The van der Waals surface area contributed by atoms with E-state index in [0.29, 0.717) is 19.8 Å². The number of carbonyl (C=O) groups is 1. The monoisotopic (exact) mass is 342 g/mol. The Labute approximate surface area is 148 Å². The Hall–Kier alpha value is -2.18. The highest BCUT2D eigenvalue weighted by atomic mass is 16.5. The van der Waals surface area contributed by atoms with Gasteiger partial charge in [0.15, 0.2) is 0 Å². The molecule has 0 bridgehead atoms. The van der Waals surface area contributed by atoms with Crippen molar-refractivity contribution in [2.75, 3.05) is 33.3 Å². The van der Waals surface area contributed by atoms with E-state index in [2.05, 4.69) is 10.4 Å². The summed E-state index contributed by atoms with van der Waals surface area (Å²) in [6.45, 7) is 3.30. The lowest BCUT2D eigenvalue weighted by molar-refractivity contribution is -0.142. The molecule has 1 N–H and O–H groups in total. The summed E-state index contributed by atoms with van der Waals surface area (Å²) in [5.41, 5.74) is 0.561. The molecule has 1 aromatic carbocycles. The normalized spacial score (nSPS) is 16.5. The second kappa shape index (κ2) is 8.27. The summed E-state index contributed by atoms with van der Waals surface area (Å²) >= 11 is 0. The van der Waals surface area contributed by atoms with E-state index >= 15 is 0 Å². The number of benzene rings is 1. The molecule has 0 aliphatic carbocycles. The molecule has 0 atom stereocenters. The molecule has 0 spiro atoms. The molecule has 1 aromatic heterocycles. The first-order valence-corrected chi connectivity index (χ1v) is 8.80. The van der Waals surface area contributed by atoms with Crippen molar-refractivity contribution in [1.82, 2.24) is 20.0 Å². The Kier molecular flexibility index (Phi) is 5.83. The third-order valence-corrected chi connectivity index (χ3v) is 4.80. The van der Waals surface area contributed by atoms with Crippen LogP contribution in [0.4, 0.5) is 0 Å². The lowest BCUT2D eigenvalue weighted by atomic mass is 9.87. The number of ether oxygens (including phenoxy) is 1. The van der Waals surface area contributed by atoms with Crippen LogP contribution in [0.15, 0.2) is 48.8 Å². The van der Waals surface area contributed by atoms with Crippen LogP contribution in [-0.4, -0.2) is 53.9 Å². The number of likely N-dealkylation sites (N-methyl/N-ethyl adjacent to an activating group) is 1. The van der Waals surface area contributed by atoms with Gasteiger partial charge in [0.05, 0.1) is 13.2 Å². The molecule has 0 unspecified atom stereocenters. The van der Waals surface area contributed by atoms with E-state index in [1.54, 1.807) is 11.1 Å². The SMILES string of the molecule is CN(CCOCc1ccccc1)C(=O)C1(n2cccn2)CCNCC1. The summed E-state index contributed by atoms with van der Waals surface area (Å²) in [7, 11) is 1.85. The number of rotatable bonds is 7. The third-order valence-electron chi connectivity index (χ3n) is 4.80. The van der Waals surface area contributed by atoms with Crippen LogP contribution in [0.5, 0.6) is 0 Å². The lowest BCUT2D eigenvalue weighted by Crippen LogP contribution is -2.55. The van der Waals surface area contributed by atoms with Gasteiger partial charge < -0.3 is 15.0 Å². The molecule has 6 nitrogen and oxygen atoms in total. The molecule has 2 aromatic rings. The van der Waals surface area contributed by atoms with Crippen LogP contribution >= 0.6 is 0 Å². The first-order valence-electron chi connectivity index (χ1n) is 8.80. The van der Waals surface area contributed by atoms with Gasteiger partial charge >= 0.3 is 0 Å². The van der Waals surface area contributed by atoms with Crippen molar-refractivity contribution in [3.05, 3.63) is 54.4 Å². The smallest absolute Gasteiger partial charge is 0.250 e. The van der Waals surface area contributed by atoms with Crippen molar-refractivity contribution in [2.24, 2.45) is 0 Å². The summed E-state index contributed by atoms with van der Waals surface area (Å²) in [5.74, 6) is 0.112. The van der Waals surface area contributed by atoms with E-state index < -0.39 is 5.54 Å². The van der Waals surface area contributed by atoms with Crippen LogP contribution in [0.2, 0.25) is 0 Å². The molecule has 0 radical (unpaired) electrons. The lowest BCUT2D eigenvalue weighted by Gasteiger charge is -2.39. The average Bonchev–Trinajstić information content (AvgIpc) is 3.21. The highest BCUT2D eigenvalue weighted by Crippen LogP contribution is 2.29. The summed E-state index contributed by atoms with van der Waals surface area (Å²) in [4.78, 5) is 14.9. The Morgan fingerprint density at radius 2 is 2.04 bits per heavy atom. The zero-order valence-electron chi connectivity index (χ0n) is 14.7. The number of nitrogens with one attached hydrogen (secondary N) is 1. The maximum Gasteiger partial charge on any atom is 0.250 e. The van der Waals surface area contributed by atoms with Crippen LogP contribution in [-0.2, 0) is 21.7 Å². The molecule has 1 aliphatic heterocycles. The van der Waals surface area contributed by atoms with Gasteiger partial charge in [0.1, 0.15) is 5.54 Å². The molecule has 2 heterocycles. The number of amides is 1. The van der Waals surface area contributed by atoms with Crippen molar-refractivity contribution in [2.45, 2.75) is 25.0 Å². The van der Waals surface area contributed by atoms with Gasteiger partial charge in [-0.15, -0.1) is 0 Å². The summed E-state index contributed by atoms with van der Waals surface area (Å²) in [6, 6.07) is 11.9. The Balaban J connectivity index is 1.56. The first-order chi connectivity index (χ1) is 12.2. The van der Waals surface area contributed by atoms with E-state index in [4.69, 9.17) is 4.74 Å². The number of nitrogens with zero attached hydrogens (tertiary/aromatic N) is 3. The van der Waals surface area contributed by atoms with E-state index in [1.165, 1.54) is 0 Å². The zero-order chi connectivity index (χ0) is 17.5. The highest BCUT2D eigenvalue weighted by Gasteiger charge is 2.43. The second-order valence-electron chi connectivity index (χ2n) is 6.50. The molecular formula is C19H26N4O2. The fourth-order valence-electron chi connectivity index (χ4n) is 3.33. The van der Waals surface area contributed by atoms with Gasteiger partial charge in [-0.3, -0.25) is 9.48 Å². The molecule has 1 aliphatic rings. The van der Waals surface area contributed by atoms with Gasteiger partial charge in [-0.05, 0) is 37.6 Å². The van der Waals surface area contributed by atoms with Gasteiger partial charge in [0.2, 0.25) is 5.91 Å². The maximum absolute atomic E-state index is 13.2. The number of piperidine rings is 1. The molecule has 134 valence electrons. The third kappa shape index (κ3) is 4.08. The van der Waals surface area contributed by atoms with Crippen LogP contribution < -0.4 is 5.32 Å². The molecule has 0 saturated carbocycles. The number of hydrogen-bond donors (Lipinski definition) is 1. The maximum atomic E-state index is 13.2. The van der Waals surface area contributed by atoms with Crippen LogP contribution in [0.25, 0.3) is 0 Å². The molecule has 1 saturated heterocycles. The number of carbonyl (C=O) groups excluding carboxylic acids is 1. The Bertz CT molecular complexity index is 651. The van der Waals surface area contributed by atoms with Crippen LogP contribution in [0.1, 0.15) is 18.4 Å². The van der Waals surface area contributed by atoms with E-state index in [9.17, 15) is 4.79 Å². The fourth-order valence-corrected chi connectivity index (χ4v) is 3.33. The average molecular weight is 342 g/mol. The fraction of sp³-hybridized carbons (Fsp3) is 0.474. The molecule has 1 fully saturated rings. The largest absolute Gasteiger partial charge is 0.375 e. The summed E-state index contributed by atoms with van der Waals surface area (Å²) in [5, 5.41) is 7.69. The second-order valence-corrected chi connectivity index (χ2v) is 6.50. The standard InChI is InChI=1S/C19H26N4O2/c1-22(14-15-25-16-17-6-3-2-4-7-17)18(24)19(8-11-20-12-9-19)23-13-5-10-21-23/h2-7,10,13,20H,8-9,11-12,14-16H2,1H3. The zero-order valence-corrected chi connectivity index (χ0v) is 14.7. The molecular weight excluding hydrogens is 316 g/mol. The molecule has 1 amide bonds. The van der Waals surface area contributed by atoms with Crippen molar-refractivity contribution in [3.63, 3.8) is 0 Å². The van der Waals surface area contributed by atoms with Gasteiger partial charge in [0, 0.05) is 26.0 Å². The Morgan fingerprint density at radius 1 is 1.28 bits per heavy atom. The van der Waals surface area contributed by atoms with Crippen molar-refractivity contribution >= 4 is 5.91 Å². The highest BCUT2D eigenvalue weighted by molar-refractivity contribution is 5.84. The number of aromatic nitrogens is 2. The van der Waals surface area contributed by atoms with Gasteiger partial charge in [-0.1, -0.05) is 30.3 Å². The van der Waals surface area contributed by atoms with E-state index in [1.807, 2.05) is 54.3 Å². The van der Waals surface area contributed by atoms with Gasteiger partial charge in [-0.2, -0.15) is 5.10 Å². The molecule has 25 heavy (non-hydrogen) atoms. The quantitative estimate of drug-likeness (QED) is 0.777. The molecule has 6 heteroatoms. The van der Waals surface area contributed by atoms with E-state index in [0.717, 1.165) is 31.5 Å². The van der Waals surface area contributed by atoms with Crippen LogP contribution in [0.3, 0.4) is 0 Å². The predicted molar refractivity (Wildman–Crippen MR) is 96.0 cm³/mol. The minimum Gasteiger partial charge on any atom is -0.375 e. The van der Waals surface area contributed by atoms with E-state index in [-0.39, 0.29) is 5.91 Å². The summed E-state index contributed by atoms with van der Waals surface area (Å²) < 4.78 is 7.55. The Morgan fingerprint density at radius 3 is 2.72 bits per heavy atom. The minimum absolute atomic E-state index is 0.112. The molecule has 3 rings (SSSR count). The predicted octanol–water partition coefficient (Wildman–Crippen LogP) is 1.64. The van der Waals surface area contributed by atoms with Gasteiger partial charge in [0.25, 0.3) is 0 Å². The topological polar surface area (TPSA) is 59.4 Å². The van der Waals surface area contributed by atoms with Crippen molar-refractivity contribution in [3.8, 4) is 0 Å². The van der Waals surface area contributed by atoms with Crippen molar-refractivity contribution in [1.29, 1.82) is 0 Å². The van der Waals surface area contributed by atoms with Crippen LogP contribution in [0, 0.1) is 0 Å². The number of hydrogen-bond acceptors (Lipinski definition) is 4. The van der Waals surface area contributed by atoms with Crippen molar-refractivity contribution < 1.29 is 9.53 Å².